The van der Waals surface area contributed by atoms with Gasteiger partial charge in [0, 0.05) is 36.4 Å². The highest BCUT2D eigenvalue weighted by molar-refractivity contribution is 5.98. The Labute approximate surface area is 203 Å². The first kappa shape index (κ1) is 25.9. The lowest BCUT2D eigenvalue weighted by Gasteiger charge is -2.13. The van der Waals surface area contributed by atoms with Crippen molar-refractivity contribution in [3.05, 3.63) is 54.1 Å². The molecule has 2 atom stereocenters. The van der Waals surface area contributed by atoms with E-state index in [9.17, 15) is 40.3 Å². The quantitative estimate of drug-likeness (QED) is 0.479. The third-order valence-corrected chi connectivity index (χ3v) is 5.51. The van der Waals surface area contributed by atoms with Gasteiger partial charge in [-0.15, -0.1) is 18.3 Å². The molecule has 0 radical (unpaired) electrons. The fourth-order valence-corrected chi connectivity index (χ4v) is 3.72. The van der Waals surface area contributed by atoms with Crippen LogP contribution in [0.15, 0.2) is 42.7 Å². The molecule has 1 saturated heterocycles. The Morgan fingerprint density at radius 1 is 1.11 bits per heavy atom. The number of amides is 2. The van der Waals surface area contributed by atoms with Gasteiger partial charge in [0.05, 0.1) is 29.1 Å². The zero-order valence-corrected chi connectivity index (χ0v) is 18.6. The Balaban J connectivity index is 1.79. The van der Waals surface area contributed by atoms with E-state index in [1.54, 1.807) is 0 Å². The van der Waals surface area contributed by atoms with Crippen LogP contribution >= 0.6 is 0 Å². The lowest BCUT2D eigenvalue weighted by atomic mass is 9.97. The second-order valence-corrected chi connectivity index (χ2v) is 8.11. The number of aromatic nitrogens is 3. The molecule has 3 heterocycles. The molecule has 2 amide bonds. The molecular formula is C22H16F7N5O3. The van der Waals surface area contributed by atoms with Crippen LogP contribution in [0.4, 0.5) is 36.6 Å². The van der Waals surface area contributed by atoms with Crippen molar-refractivity contribution < 1.29 is 45.1 Å². The van der Waals surface area contributed by atoms with Crippen LogP contribution in [0.2, 0.25) is 0 Å². The van der Waals surface area contributed by atoms with Gasteiger partial charge in [0.2, 0.25) is 11.8 Å². The number of benzene rings is 1. The van der Waals surface area contributed by atoms with Crippen LogP contribution < -0.4 is 15.4 Å². The molecule has 0 unspecified atom stereocenters. The van der Waals surface area contributed by atoms with Crippen LogP contribution in [-0.4, -0.2) is 39.5 Å². The van der Waals surface area contributed by atoms with Gasteiger partial charge in [-0.25, -0.2) is 9.07 Å². The summed E-state index contributed by atoms with van der Waals surface area (Å²) in [4.78, 5) is 27.9. The van der Waals surface area contributed by atoms with E-state index in [0.717, 1.165) is 29.1 Å². The molecular weight excluding hydrogens is 515 g/mol. The molecule has 196 valence electrons. The van der Waals surface area contributed by atoms with Gasteiger partial charge < -0.3 is 15.4 Å². The summed E-state index contributed by atoms with van der Waals surface area (Å²) in [6.07, 6.45) is -8.37. The first-order chi connectivity index (χ1) is 17.2. The highest BCUT2D eigenvalue weighted by Gasteiger charge is 2.37. The van der Waals surface area contributed by atoms with Gasteiger partial charge in [-0.3, -0.25) is 14.6 Å². The van der Waals surface area contributed by atoms with E-state index in [1.165, 1.54) is 6.92 Å². The van der Waals surface area contributed by atoms with Crippen LogP contribution in [0.1, 0.15) is 12.5 Å². The van der Waals surface area contributed by atoms with Gasteiger partial charge in [0.25, 0.3) is 0 Å². The summed E-state index contributed by atoms with van der Waals surface area (Å²) in [5, 5.41) is 9.01. The zero-order chi connectivity index (χ0) is 27.1. The molecule has 0 aliphatic carbocycles. The van der Waals surface area contributed by atoms with Crippen molar-refractivity contribution in [1.82, 2.24) is 20.1 Å². The SMILES string of the molecule is C[C@H]1C(=O)NC[C@@H]1C(=O)Nc1cc(-c2cc(F)cc(OC(F)(F)F)c2)n(-c2cncc(C(F)(F)F)c2)n1. The highest BCUT2D eigenvalue weighted by atomic mass is 19.4. The minimum Gasteiger partial charge on any atom is -0.406 e. The first-order valence-corrected chi connectivity index (χ1v) is 10.5. The summed E-state index contributed by atoms with van der Waals surface area (Å²) in [6.45, 7) is 1.57. The lowest BCUT2D eigenvalue weighted by Crippen LogP contribution is -2.28. The Bertz CT molecular complexity index is 1350. The van der Waals surface area contributed by atoms with E-state index >= 15 is 0 Å². The molecule has 4 rings (SSSR count). The summed E-state index contributed by atoms with van der Waals surface area (Å²) >= 11 is 0. The van der Waals surface area contributed by atoms with Gasteiger partial charge in [-0.1, -0.05) is 6.92 Å². The van der Waals surface area contributed by atoms with E-state index < -0.39 is 47.4 Å². The largest absolute Gasteiger partial charge is 0.573 e. The lowest BCUT2D eigenvalue weighted by molar-refractivity contribution is -0.274. The molecule has 0 bridgehead atoms. The number of nitrogens with zero attached hydrogens (tertiary/aromatic N) is 3. The van der Waals surface area contributed by atoms with Crippen LogP contribution in [0.5, 0.6) is 5.75 Å². The molecule has 2 N–H and O–H groups in total. The van der Waals surface area contributed by atoms with Crippen LogP contribution in [0.25, 0.3) is 16.9 Å². The molecule has 3 aromatic rings. The van der Waals surface area contributed by atoms with Gasteiger partial charge in [0.1, 0.15) is 11.6 Å². The van der Waals surface area contributed by atoms with Gasteiger partial charge in [-0.05, 0) is 18.2 Å². The maximum Gasteiger partial charge on any atom is 0.573 e. The number of halogens is 7. The Hall–Kier alpha value is -4.17. The van der Waals surface area contributed by atoms with Crippen molar-refractivity contribution in [1.29, 1.82) is 0 Å². The van der Waals surface area contributed by atoms with Crippen molar-refractivity contribution in [3.63, 3.8) is 0 Å². The van der Waals surface area contributed by atoms with E-state index in [-0.39, 0.29) is 35.2 Å². The van der Waals surface area contributed by atoms with Crippen molar-refractivity contribution in [3.8, 4) is 22.7 Å². The Morgan fingerprint density at radius 2 is 1.84 bits per heavy atom. The number of anilines is 1. The van der Waals surface area contributed by atoms with E-state index in [2.05, 4.69) is 25.5 Å². The van der Waals surface area contributed by atoms with Gasteiger partial charge >= 0.3 is 12.5 Å². The summed E-state index contributed by atoms with van der Waals surface area (Å²) in [5.41, 5.74) is -1.87. The number of hydrogen-bond acceptors (Lipinski definition) is 5. The van der Waals surface area contributed by atoms with Crippen molar-refractivity contribution in [2.24, 2.45) is 11.8 Å². The number of carbonyl (C=O) groups is 2. The summed E-state index contributed by atoms with van der Waals surface area (Å²) in [5.74, 6) is -4.71. The Morgan fingerprint density at radius 3 is 2.46 bits per heavy atom. The zero-order valence-electron chi connectivity index (χ0n) is 18.6. The molecule has 1 aliphatic rings. The number of carbonyl (C=O) groups excluding carboxylic acids is 2. The fraction of sp³-hybridized carbons (Fsp3) is 0.273. The maximum atomic E-state index is 14.2. The molecule has 0 spiro atoms. The molecule has 1 fully saturated rings. The standard InChI is InChI=1S/C22H16F7N5O3/c1-10-16(9-31-19(10)35)20(36)32-18-6-17(11-2-13(23)5-15(3-11)37-22(27,28)29)34(33-18)14-4-12(7-30-8-14)21(24,25)26/h2-8,10,16H,9H2,1H3,(H,31,35)(H,32,33,36)/t10-,16+/m1/s1. The Kier molecular flexibility index (Phi) is 6.56. The molecule has 1 aliphatic heterocycles. The van der Waals surface area contributed by atoms with Crippen molar-refractivity contribution in [2.45, 2.75) is 19.5 Å². The predicted octanol–water partition coefficient (Wildman–Crippen LogP) is 4.31. The number of rotatable bonds is 5. The number of hydrogen-bond donors (Lipinski definition) is 2. The second kappa shape index (κ2) is 9.37. The number of ether oxygens (including phenoxy) is 1. The highest BCUT2D eigenvalue weighted by Crippen LogP contribution is 2.34. The average Bonchev–Trinajstić information content (AvgIpc) is 3.35. The molecule has 2 aromatic heterocycles. The number of pyridine rings is 1. The van der Waals surface area contributed by atoms with Crippen LogP contribution in [0.3, 0.4) is 0 Å². The van der Waals surface area contributed by atoms with Crippen molar-refractivity contribution in [2.75, 3.05) is 11.9 Å². The maximum absolute atomic E-state index is 14.2. The van der Waals surface area contributed by atoms with E-state index in [0.29, 0.717) is 18.3 Å². The third-order valence-electron chi connectivity index (χ3n) is 5.51. The summed E-state index contributed by atoms with van der Waals surface area (Å²) in [6, 6.07) is 3.88. The minimum absolute atomic E-state index is 0.0407. The number of nitrogens with one attached hydrogen (secondary N) is 2. The van der Waals surface area contributed by atoms with E-state index in [1.807, 2.05) is 0 Å². The normalized spacial score (nSPS) is 18.0. The first-order valence-electron chi connectivity index (χ1n) is 10.5. The number of alkyl halides is 6. The molecule has 8 nitrogen and oxygen atoms in total. The predicted molar refractivity (Wildman–Crippen MR) is 113 cm³/mol. The smallest absolute Gasteiger partial charge is 0.406 e. The third kappa shape index (κ3) is 5.81. The van der Waals surface area contributed by atoms with E-state index in [4.69, 9.17) is 0 Å². The minimum atomic E-state index is -5.14. The molecule has 1 aromatic carbocycles. The van der Waals surface area contributed by atoms with Crippen LogP contribution in [-0.2, 0) is 15.8 Å². The van der Waals surface area contributed by atoms with Gasteiger partial charge in [0.15, 0.2) is 5.82 Å². The molecule has 37 heavy (non-hydrogen) atoms. The summed E-state index contributed by atoms with van der Waals surface area (Å²) < 4.78 is 96.7. The summed E-state index contributed by atoms with van der Waals surface area (Å²) in [7, 11) is 0. The topological polar surface area (TPSA) is 98.1 Å². The van der Waals surface area contributed by atoms with Gasteiger partial charge in [-0.2, -0.15) is 13.2 Å². The fourth-order valence-electron chi connectivity index (χ4n) is 3.72. The monoisotopic (exact) mass is 531 g/mol. The van der Waals surface area contributed by atoms with Crippen LogP contribution in [0, 0.1) is 17.7 Å². The average molecular weight is 531 g/mol. The second-order valence-electron chi connectivity index (χ2n) is 8.11. The molecule has 0 saturated carbocycles. The van der Waals surface area contributed by atoms with Crippen molar-refractivity contribution >= 4 is 17.6 Å². The molecule has 15 heteroatoms.